The molecule has 94 valence electrons. The standard InChI is InChI=1S/C12H10BrClFN3/c1-2-11-17-10(14)6-12(18-11)16-9-5-7(13)3-4-8(9)15/h3-6H,2H2,1H3,(H,16,17,18). The van der Waals surface area contributed by atoms with Crippen LogP contribution in [0.5, 0.6) is 0 Å². The molecule has 1 aromatic heterocycles. The lowest BCUT2D eigenvalue weighted by Gasteiger charge is -2.08. The SMILES string of the molecule is CCc1nc(Cl)cc(Nc2cc(Br)ccc2F)n1. The minimum atomic E-state index is -0.356. The highest BCUT2D eigenvalue weighted by molar-refractivity contribution is 9.10. The van der Waals surface area contributed by atoms with Crippen molar-refractivity contribution in [2.24, 2.45) is 0 Å². The van der Waals surface area contributed by atoms with Gasteiger partial charge in [0.15, 0.2) is 0 Å². The summed E-state index contributed by atoms with van der Waals surface area (Å²) in [4.78, 5) is 8.27. The number of benzene rings is 1. The van der Waals surface area contributed by atoms with E-state index >= 15 is 0 Å². The average molecular weight is 331 g/mol. The first-order valence-electron chi connectivity index (χ1n) is 5.34. The van der Waals surface area contributed by atoms with Crippen molar-refractivity contribution in [2.45, 2.75) is 13.3 Å². The van der Waals surface area contributed by atoms with Gasteiger partial charge in [0.1, 0.15) is 22.6 Å². The molecule has 0 aliphatic heterocycles. The Balaban J connectivity index is 2.33. The van der Waals surface area contributed by atoms with E-state index in [-0.39, 0.29) is 5.82 Å². The molecule has 0 unspecified atom stereocenters. The van der Waals surface area contributed by atoms with E-state index in [4.69, 9.17) is 11.6 Å². The first-order valence-corrected chi connectivity index (χ1v) is 6.51. The lowest BCUT2D eigenvalue weighted by molar-refractivity contribution is 0.631. The van der Waals surface area contributed by atoms with Crippen molar-refractivity contribution in [1.29, 1.82) is 0 Å². The molecule has 0 radical (unpaired) electrons. The molecule has 3 nitrogen and oxygen atoms in total. The molecule has 0 spiro atoms. The van der Waals surface area contributed by atoms with Gasteiger partial charge in [0.05, 0.1) is 5.69 Å². The number of aromatic nitrogens is 2. The van der Waals surface area contributed by atoms with Crippen LogP contribution in [0.3, 0.4) is 0 Å². The summed E-state index contributed by atoms with van der Waals surface area (Å²) in [6, 6.07) is 6.19. The predicted molar refractivity (Wildman–Crippen MR) is 73.8 cm³/mol. The van der Waals surface area contributed by atoms with Crippen LogP contribution in [0, 0.1) is 5.82 Å². The molecular weight excluding hydrogens is 321 g/mol. The van der Waals surface area contributed by atoms with Gasteiger partial charge in [-0.05, 0) is 18.2 Å². The van der Waals surface area contributed by atoms with Crippen LogP contribution in [0.15, 0.2) is 28.7 Å². The van der Waals surface area contributed by atoms with E-state index in [2.05, 4.69) is 31.2 Å². The lowest BCUT2D eigenvalue weighted by Crippen LogP contribution is -2.01. The zero-order valence-electron chi connectivity index (χ0n) is 9.54. The van der Waals surface area contributed by atoms with Gasteiger partial charge < -0.3 is 5.32 Å². The third-order valence-corrected chi connectivity index (χ3v) is 2.94. The zero-order chi connectivity index (χ0) is 13.1. The summed E-state index contributed by atoms with van der Waals surface area (Å²) in [5, 5.41) is 3.22. The van der Waals surface area contributed by atoms with Crippen molar-refractivity contribution in [3.63, 3.8) is 0 Å². The summed E-state index contributed by atoms with van der Waals surface area (Å²) in [7, 11) is 0. The molecule has 0 saturated carbocycles. The van der Waals surface area contributed by atoms with Crippen LogP contribution in [0.25, 0.3) is 0 Å². The maximum atomic E-state index is 13.6. The van der Waals surface area contributed by atoms with Crippen LogP contribution in [0.1, 0.15) is 12.7 Å². The van der Waals surface area contributed by atoms with Crippen molar-refractivity contribution in [1.82, 2.24) is 9.97 Å². The Labute approximate surface area is 118 Å². The van der Waals surface area contributed by atoms with Gasteiger partial charge in [-0.15, -0.1) is 0 Å². The van der Waals surface area contributed by atoms with Crippen LogP contribution in [-0.2, 0) is 6.42 Å². The summed E-state index contributed by atoms with van der Waals surface area (Å²) in [6.45, 7) is 1.93. The van der Waals surface area contributed by atoms with Crippen LogP contribution in [0.2, 0.25) is 5.15 Å². The number of hydrogen-bond donors (Lipinski definition) is 1. The van der Waals surface area contributed by atoms with Gasteiger partial charge >= 0.3 is 0 Å². The fraction of sp³-hybridized carbons (Fsp3) is 0.167. The number of nitrogens with zero attached hydrogens (tertiary/aromatic N) is 2. The Bertz CT molecular complexity index is 577. The molecule has 0 bridgehead atoms. The molecule has 0 atom stereocenters. The largest absolute Gasteiger partial charge is 0.338 e. The summed E-state index contributed by atoms with van der Waals surface area (Å²) in [6.07, 6.45) is 0.663. The van der Waals surface area contributed by atoms with Gasteiger partial charge in [0.25, 0.3) is 0 Å². The Hall–Kier alpha value is -1.20. The highest BCUT2D eigenvalue weighted by Crippen LogP contribution is 2.24. The van der Waals surface area contributed by atoms with Crippen molar-refractivity contribution < 1.29 is 4.39 Å². The number of anilines is 2. The van der Waals surface area contributed by atoms with E-state index in [1.165, 1.54) is 6.07 Å². The molecule has 18 heavy (non-hydrogen) atoms. The molecule has 0 fully saturated rings. The second kappa shape index (κ2) is 5.63. The Morgan fingerprint density at radius 2 is 2.11 bits per heavy atom. The van der Waals surface area contributed by atoms with Crippen LogP contribution < -0.4 is 5.32 Å². The van der Waals surface area contributed by atoms with Crippen LogP contribution in [0.4, 0.5) is 15.9 Å². The molecule has 0 amide bonds. The lowest BCUT2D eigenvalue weighted by atomic mass is 10.3. The number of halogens is 3. The fourth-order valence-electron chi connectivity index (χ4n) is 1.42. The van der Waals surface area contributed by atoms with E-state index < -0.39 is 0 Å². The number of nitrogens with one attached hydrogen (secondary N) is 1. The van der Waals surface area contributed by atoms with Crippen LogP contribution in [-0.4, -0.2) is 9.97 Å². The molecule has 1 aromatic carbocycles. The second-order valence-electron chi connectivity index (χ2n) is 3.59. The summed E-state index contributed by atoms with van der Waals surface area (Å²) in [5.74, 6) is 0.732. The maximum absolute atomic E-state index is 13.6. The van der Waals surface area contributed by atoms with E-state index in [1.807, 2.05) is 6.92 Å². The van der Waals surface area contributed by atoms with E-state index in [0.29, 0.717) is 28.9 Å². The molecule has 0 aliphatic carbocycles. The highest BCUT2D eigenvalue weighted by atomic mass is 79.9. The van der Waals surface area contributed by atoms with Crippen molar-refractivity contribution >= 4 is 39.0 Å². The number of aryl methyl sites for hydroxylation is 1. The maximum Gasteiger partial charge on any atom is 0.146 e. The molecule has 0 aliphatic rings. The molecule has 0 saturated heterocycles. The first kappa shape index (κ1) is 13.2. The Kier molecular flexibility index (Phi) is 4.14. The topological polar surface area (TPSA) is 37.8 Å². The second-order valence-corrected chi connectivity index (χ2v) is 4.90. The minimum Gasteiger partial charge on any atom is -0.338 e. The van der Waals surface area contributed by atoms with Crippen molar-refractivity contribution in [3.05, 3.63) is 45.5 Å². The normalized spacial score (nSPS) is 10.4. The number of rotatable bonds is 3. The van der Waals surface area contributed by atoms with Gasteiger partial charge in [-0.25, -0.2) is 14.4 Å². The molecule has 1 N–H and O–H groups in total. The van der Waals surface area contributed by atoms with Crippen LogP contribution >= 0.6 is 27.5 Å². The molecule has 6 heteroatoms. The van der Waals surface area contributed by atoms with E-state index in [9.17, 15) is 4.39 Å². The average Bonchev–Trinajstić information content (AvgIpc) is 2.33. The smallest absolute Gasteiger partial charge is 0.146 e. The van der Waals surface area contributed by atoms with Gasteiger partial charge in [-0.3, -0.25) is 0 Å². The molecular formula is C12H10BrClFN3. The van der Waals surface area contributed by atoms with Gasteiger partial charge in [0.2, 0.25) is 0 Å². The fourth-order valence-corrected chi connectivity index (χ4v) is 1.98. The van der Waals surface area contributed by atoms with E-state index in [0.717, 1.165) is 4.47 Å². The van der Waals surface area contributed by atoms with Gasteiger partial charge in [-0.2, -0.15) is 0 Å². The van der Waals surface area contributed by atoms with Crippen molar-refractivity contribution in [3.8, 4) is 0 Å². The number of hydrogen-bond acceptors (Lipinski definition) is 3. The monoisotopic (exact) mass is 329 g/mol. The summed E-state index contributed by atoms with van der Waals surface area (Å²) < 4.78 is 14.4. The molecule has 2 rings (SSSR count). The highest BCUT2D eigenvalue weighted by Gasteiger charge is 2.06. The third kappa shape index (κ3) is 3.17. The predicted octanol–water partition coefficient (Wildman–Crippen LogP) is 4.34. The minimum absolute atomic E-state index is 0.333. The third-order valence-electron chi connectivity index (χ3n) is 2.25. The zero-order valence-corrected chi connectivity index (χ0v) is 11.9. The Morgan fingerprint density at radius 1 is 1.33 bits per heavy atom. The summed E-state index contributed by atoms with van der Waals surface area (Å²) in [5.41, 5.74) is 0.334. The molecule has 1 heterocycles. The van der Waals surface area contributed by atoms with Gasteiger partial charge in [0, 0.05) is 17.0 Å². The molecule has 2 aromatic rings. The van der Waals surface area contributed by atoms with E-state index in [1.54, 1.807) is 18.2 Å². The first-order chi connectivity index (χ1) is 8.58. The Morgan fingerprint density at radius 3 is 2.83 bits per heavy atom. The summed E-state index contributed by atoms with van der Waals surface area (Å²) >= 11 is 9.16. The van der Waals surface area contributed by atoms with Gasteiger partial charge in [-0.1, -0.05) is 34.5 Å². The van der Waals surface area contributed by atoms with Crippen molar-refractivity contribution in [2.75, 3.05) is 5.32 Å². The quantitative estimate of drug-likeness (QED) is 0.851.